The van der Waals surface area contributed by atoms with Gasteiger partial charge in [0.2, 0.25) is 0 Å². The van der Waals surface area contributed by atoms with Gasteiger partial charge in [-0.25, -0.2) is 0 Å². The van der Waals surface area contributed by atoms with Gasteiger partial charge in [0.25, 0.3) is 10.2 Å². The van der Waals surface area contributed by atoms with E-state index in [2.05, 4.69) is 4.72 Å². The van der Waals surface area contributed by atoms with Gasteiger partial charge in [0.15, 0.2) is 0 Å². The van der Waals surface area contributed by atoms with Crippen molar-refractivity contribution in [2.24, 2.45) is 5.92 Å². The van der Waals surface area contributed by atoms with Gasteiger partial charge in [-0.15, -0.1) is 0 Å². The lowest BCUT2D eigenvalue weighted by Crippen LogP contribution is -2.45. The quantitative estimate of drug-likeness (QED) is 0.714. The molecule has 2 N–H and O–H groups in total. The van der Waals surface area contributed by atoms with E-state index in [1.807, 2.05) is 0 Å². The molecule has 0 spiro atoms. The molecule has 0 bridgehead atoms. The normalized spacial score (nSPS) is 23.8. The highest BCUT2D eigenvalue weighted by Gasteiger charge is 2.37. The van der Waals surface area contributed by atoms with Crippen LogP contribution in [0.15, 0.2) is 0 Å². The van der Waals surface area contributed by atoms with Crippen LogP contribution in [0.3, 0.4) is 0 Å². The average molecular weight is 262 g/mol. The molecule has 17 heavy (non-hydrogen) atoms. The Morgan fingerprint density at radius 3 is 2.41 bits per heavy atom. The fourth-order valence-electron chi connectivity index (χ4n) is 2.19. The molecule has 0 radical (unpaired) electrons. The third-order valence-electron chi connectivity index (χ3n) is 3.29. The molecule has 1 saturated heterocycles. The second kappa shape index (κ2) is 4.91. The number of hydrogen-bond acceptors (Lipinski definition) is 3. The van der Waals surface area contributed by atoms with Crippen LogP contribution in [-0.4, -0.2) is 42.9 Å². The van der Waals surface area contributed by atoms with Crippen LogP contribution < -0.4 is 4.72 Å². The SMILES string of the molecule is O=C(O)CC(NS(=O)(=O)N1CCCC1)C1CC1. The Kier molecular flexibility index (Phi) is 3.70. The van der Waals surface area contributed by atoms with Gasteiger partial charge < -0.3 is 5.11 Å². The molecule has 0 aromatic rings. The number of nitrogens with zero attached hydrogens (tertiary/aromatic N) is 1. The van der Waals surface area contributed by atoms with E-state index in [0.717, 1.165) is 25.7 Å². The van der Waals surface area contributed by atoms with Gasteiger partial charge in [-0.1, -0.05) is 0 Å². The molecule has 6 nitrogen and oxygen atoms in total. The first-order valence-electron chi connectivity index (χ1n) is 5.98. The summed E-state index contributed by atoms with van der Waals surface area (Å²) >= 11 is 0. The Balaban J connectivity index is 1.98. The lowest BCUT2D eigenvalue weighted by atomic mass is 10.1. The van der Waals surface area contributed by atoms with Crippen molar-refractivity contribution in [3.05, 3.63) is 0 Å². The lowest BCUT2D eigenvalue weighted by Gasteiger charge is -2.21. The topological polar surface area (TPSA) is 86.7 Å². The first-order valence-corrected chi connectivity index (χ1v) is 7.42. The Hall–Kier alpha value is -0.660. The molecule has 1 saturated carbocycles. The van der Waals surface area contributed by atoms with Crippen molar-refractivity contribution < 1.29 is 18.3 Å². The smallest absolute Gasteiger partial charge is 0.304 e. The second-order valence-electron chi connectivity index (χ2n) is 4.77. The lowest BCUT2D eigenvalue weighted by molar-refractivity contribution is -0.137. The maximum absolute atomic E-state index is 12.0. The van der Waals surface area contributed by atoms with Crippen molar-refractivity contribution in [2.75, 3.05) is 13.1 Å². The average Bonchev–Trinajstić information content (AvgIpc) is 2.90. The van der Waals surface area contributed by atoms with E-state index in [9.17, 15) is 13.2 Å². The number of nitrogens with one attached hydrogen (secondary N) is 1. The van der Waals surface area contributed by atoms with Gasteiger partial charge in [0.1, 0.15) is 0 Å². The van der Waals surface area contributed by atoms with Gasteiger partial charge in [-0.05, 0) is 31.6 Å². The highest BCUT2D eigenvalue weighted by atomic mass is 32.2. The van der Waals surface area contributed by atoms with Crippen LogP contribution in [0.2, 0.25) is 0 Å². The molecular formula is C10H18N2O4S. The molecule has 1 aliphatic carbocycles. The van der Waals surface area contributed by atoms with Crippen LogP contribution in [0.1, 0.15) is 32.1 Å². The summed E-state index contributed by atoms with van der Waals surface area (Å²) in [6, 6.07) is -0.446. The zero-order valence-electron chi connectivity index (χ0n) is 9.63. The van der Waals surface area contributed by atoms with Crippen molar-refractivity contribution in [2.45, 2.75) is 38.1 Å². The number of carboxylic acids is 1. The first-order chi connectivity index (χ1) is 7.99. The summed E-state index contributed by atoms with van der Waals surface area (Å²) < 4.78 is 27.9. The van der Waals surface area contributed by atoms with Crippen molar-refractivity contribution in [3.63, 3.8) is 0 Å². The summed E-state index contributed by atoms with van der Waals surface area (Å²) in [5.41, 5.74) is 0. The van der Waals surface area contributed by atoms with Gasteiger partial charge in [-0.3, -0.25) is 4.79 Å². The van der Waals surface area contributed by atoms with Gasteiger partial charge in [-0.2, -0.15) is 17.4 Å². The third-order valence-corrected chi connectivity index (χ3v) is 4.94. The molecule has 0 aromatic carbocycles. The van der Waals surface area contributed by atoms with Gasteiger partial charge in [0, 0.05) is 19.1 Å². The molecule has 0 aromatic heterocycles. The zero-order chi connectivity index (χ0) is 12.5. The molecule has 1 atom stereocenters. The minimum atomic E-state index is -3.49. The standard InChI is InChI=1S/C10H18N2O4S/c13-10(14)7-9(8-3-4-8)11-17(15,16)12-5-1-2-6-12/h8-9,11H,1-7H2,(H,13,14). The van der Waals surface area contributed by atoms with Crippen molar-refractivity contribution >= 4 is 16.2 Å². The fourth-order valence-corrected chi connectivity index (χ4v) is 3.73. The number of carbonyl (C=O) groups is 1. The molecule has 0 amide bonds. The van der Waals surface area contributed by atoms with Crippen LogP contribution in [-0.2, 0) is 15.0 Å². The Morgan fingerprint density at radius 1 is 1.35 bits per heavy atom. The maximum atomic E-state index is 12.0. The summed E-state index contributed by atoms with van der Waals surface area (Å²) in [4.78, 5) is 10.7. The maximum Gasteiger partial charge on any atom is 0.304 e. The summed E-state index contributed by atoms with van der Waals surface area (Å²) in [5.74, 6) is -0.755. The molecule has 2 rings (SSSR count). The molecule has 1 unspecified atom stereocenters. The molecule has 2 fully saturated rings. The Morgan fingerprint density at radius 2 is 1.94 bits per heavy atom. The molecule has 1 aliphatic heterocycles. The minimum absolute atomic E-state index is 0.127. The summed E-state index contributed by atoms with van der Waals surface area (Å²) in [5, 5.41) is 8.77. The van der Waals surface area contributed by atoms with E-state index in [-0.39, 0.29) is 12.3 Å². The summed E-state index contributed by atoms with van der Waals surface area (Å²) in [6.45, 7) is 1.08. The Bertz CT molecular complexity index is 385. The molecule has 1 heterocycles. The minimum Gasteiger partial charge on any atom is -0.481 e. The highest BCUT2D eigenvalue weighted by molar-refractivity contribution is 7.87. The van der Waals surface area contributed by atoms with Crippen LogP contribution >= 0.6 is 0 Å². The van der Waals surface area contributed by atoms with Crippen LogP contribution in [0, 0.1) is 5.92 Å². The molecule has 2 aliphatic rings. The molecule has 98 valence electrons. The van der Waals surface area contributed by atoms with E-state index in [1.165, 1.54) is 4.31 Å². The van der Waals surface area contributed by atoms with E-state index in [4.69, 9.17) is 5.11 Å². The number of rotatable bonds is 6. The summed E-state index contributed by atoms with van der Waals surface area (Å²) in [7, 11) is -3.49. The molecular weight excluding hydrogens is 244 g/mol. The highest BCUT2D eigenvalue weighted by Crippen LogP contribution is 2.34. The third kappa shape index (κ3) is 3.40. The van der Waals surface area contributed by atoms with Crippen LogP contribution in [0.25, 0.3) is 0 Å². The van der Waals surface area contributed by atoms with Crippen LogP contribution in [0.5, 0.6) is 0 Å². The van der Waals surface area contributed by atoms with Crippen molar-refractivity contribution in [1.82, 2.24) is 9.03 Å². The van der Waals surface area contributed by atoms with Gasteiger partial charge >= 0.3 is 5.97 Å². The number of carboxylic acid groups (broad SMARTS) is 1. The molecule has 7 heteroatoms. The van der Waals surface area contributed by atoms with E-state index >= 15 is 0 Å². The monoisotopic (exact) mass is 262 g/mol. The predicted octanol–water partition coefficient (Wildman–Crippen LogP) is 0.170. The zero-order valence-corrected chi connectivity index (χ0v) is 10.4. The van der Waals surface area contributed by atoms with E-state index < -0.39 is 22.2 Å². The van der Waals surface area contributed by atoms with Crippen LogP contribution in [0.4, 0.5) is 0 Å². The van der Waals surface area contributed by atoms with Gasteiger partial charge in [0.05, 0.1) is 6.42 Å². The van der Waals surface area contributed by atoms with Crippen molar-refractivity contribution in [3.8, 4) is 0 Å². The summed E-state index contributed by atoms with van der Waals surface area (Å²) in [6.07, 6.45) is 3.47. The second-order valence-corrected chi connectivity index (χ2v) is 6.47. The van der Waals surface area contributed by atoms with Crippen molar-refractivity contribution in [1.29, 1.82) is 0 Å². The first kappa shape index (κ1) is 12.8. The van der Waals surface area contributed by atoms with E-state index in [0.29, 0.717) is 13.1 Å². The number of hydrogen-bond donors (Lipinski definition) is 2. The fraction of sp³-hybridized carbons (Fsp3) is 0.900. The Labute approximate surface area is 101 Å². The van der Waals surface area contributed by atoms with E-state index in [1.54, 1.807) is 0 Å². The predicted molar refractivity (Wildman–Crippen MR) is 61.6 cm³/mol. The number of aliphatic carboxylic acids is 1. The largest absolute Gasteiger partial charge is 0.481 e.